The van der Waals surface area contributed by atoms with E-state index in [4.69, 9.17) is 0 Å². The Labute approximate surface area is 109 Å². The van der Waals surface area contributed by atoms with Gasteiger partial charge in [-0.2, -0.15) is 0 Å². The van der Waals surface area contributed by atoms with Gasteiger partial charge in [0.05, 0.1) is 0 Å². The van der Waals surface area contributed by atoms with E-state index in [0.717, 1.165) is 23.7 Å². The van der Waals surface area contributed by atoms with E-state index in [0.29, 0.717) is 5.41 Å². The van der Waals surface area contributed by atoms with E-state index >= 15 is 0 Å². The molecule has 0 aliphatic heterocycles. The minimum Gasteiger partial charge on any atom is -0.0654 e. The Morgan fingerprint density at radius 3 is 2.47 bits per heavy atom. The molecule has 2 aliphatic rings. The summed E-state index contributed by atoms with van der Waals surface area (Å²) in [4.78, 5) is 0. The second-order valence-corrected chi connectivity index (χ2v) is 7.82. The van der Waals surface area contributed by atoms with E-state index in [1.54, 1.807) is 12.8 Å². The molecule has 0 saturated heterocycles. The monoisotopic (exact) mass is 236 g/mol. The largest absolute Gasteiger partial charge is 0.0654 e. The van der Waals surface area contributed by atoms with Crippen LogP contribution in [0.2, 0.25) is 0 Å². The summed E-state index contributed by atoms with van der Waals surface area (Å²) >= 11 is 0. The maximum Gasteiger partial charge on any atom is -0.0308 e. The van der Waals surface area contributed by atoms with E-state index < -0.39 is 0 Å². The van der Waals surface area contributed by atoms with E-state index in [1.807, 2.05) is 0 Å². The Morgan fingerprint density at radius 2 is 1.82 bits per heavy atom. The normalized spacial score (nSPS) is 38.1. The number of unbranched alkanes of at least 4 members (excludes halogenated alkanes) is 1. The molecule has 2 aliphatic carbocycles. The van der Waals surface area contributed by atoms with Crippen LogP contribution in [0, 0.1) is 29.1 Å². The maximum atomic E-state index is 2.49. The maximum absolute atomic E-state index is 2.49. The van der Waals surface area contributed by atoms with Crippen LogP contribution in [0.4, 0.5) is 0 Å². The van der Waals surface area contributed by atoms with Crippen LogP contribution in [0.3, 0.4) is 0 Å². The fourth-order valence-electron chi connectivity index (χ4n) is 5.01. The molecular weight excluding hydrogens is 204 g/mol. The van der Waals surface area contributed by atoms with Crippen LogP contribution < -0.4 is 0 Å². The molecule has 0 radical (unpaired) electrons. The average Bonchev–Trinajstić information content (AvgIpc) is 2.24. The second kappa shape index (κ2) is 5.33. The lowest BCUT2D eigenvalue weighted by atomic mass is 9.54. The molecule has 0 aromatic heterocycles. The van der Waals surface area contributed by atoms with Gasteiger partial charge in [-0.1, -0.05) is 66.2 Å². The molecule has 0 heteroatoms. The van der Waals surface area contributed by atoms with Crippen molar-refractivity contribution in [2.75, 3.05) is 0 Å². The molecule has 4 unspecified atom stereocenters. The standard InChI is InChI=1S/C17H32/c1-5-6-9-14-11-13-8-7-10-15(12-13)16(14)17(2,3)4/h13-16H,5-12H2,1-4H3. The summed E-state index contributed by atoms with van der Waals surface area (Å²) in [7, 11) is 0. The first-order chi connectivity index (χ1) is 8.02. The van der Waals surface area contributed by atoms with E-state index in [-0.39, 0.29) is 0 Å². The Balaban J connectivity index is 2.10. The average molecular weight is 236 g/mol. The van der Waals surface area contributed by atoms with Crippen LogP contribution in [0.5, 0.6) is 0 Å². The van der Waals surface area contributed by atoms with Crippen LogP contribution in [-0.4, -0.2) is 0 Å². The van der Waals surface area contributed by atoms with Crippen molar-refractivity contribution in [3.8, 4) is 0 Å². The summed E-state index contributed by atoms with van der Waals surface area (Å²) in [6.45, 7) is 9.82. The Bertz CT molecular complexity index is 235. The van der Waals surface area contributed by atoms with Gasteiger partial charge in [-0.25, -0.2) is 0 Å². The molecular formula is C17H32. The summed E-state index contributed by atoms with van der Waals surface area (Å²) in [6, 6.07) is 0. The van der Waals surface area contributed by atoms with Gasteiger partial charge in [0.25, 0.3) is 0 Å². The molecule has 0 N–H and O–H groups in total. The highest BCUT2D eigenvalue weighted by Crippen LogP contribution is 2.53. The van der Waals surface area contributed by atoms with Crippen LogP contribution in [0.15, 0.2) is 0 Å². The second-order valence-electron chi connectivity index (χ2n) is 7.82. The number of fused-ring (bicyclic) bond motifs is 2. The highest BCUT2D eigenvalue weighted by Gasteiger charge is 2.44. The molecule has 0 aromatic carbocycles. The summed E-state index contributed by atoms with van der Waals surface area (Å²) in [6.07, 6.45) is 12.0. The Hall–Kier alpha value is 0. The minimum absolute atomic E-state index is 0.533. The fraction of sp³-hybridized carbons (Fsp3) is 1.00. The van der Waals surface area contributed by atoms with Crippen LogP contribution in [-0.2, 0) is 0 Å². The molecule has 2 saturated carbocycles. The van der Waals surface area contributed by atoms with Gasteiger partial charge in [0.15, 0.2) is 0 Å². The third kappa shape index (κ3) is 3.06. The molecule has 2 fully saturated rings. The van der Waals surface area contributed by atoms with E-state index in [1.165, 1.54) is 38.5 Å². The van der Waals surface area contributed by atoms with Gasteiger partial charge in [-0.3, -0.25) is 0 Å². The third-order valence-electron chi connectivity index (χ3n) is 5.40. The van der Waals surface area contributed by atoms with Gasteiger partial charge in [0.1, 0.15) is 0 Å². The lowest BCUT2D eigenvalue weighted by Crippen LogP contribution is -2.42. The van der Waals surface area contributed by atoms with Gasteiger partial charge >= 0.3 is 0 Å². The highest BCUT2D eigenvalue weighted by molar-refractivity contribution is 4.94. The minimum atomic E-state index is 0.533. The zero-order valence-electron chi connectivity index (χ0n) is 12.5. The fourth-order valence-corrected chi connectivity index (χ4v) is 5.01. The quantitative estimate of drug-likeness (QED) is 0.592. The van der Waals surface area contributed by atoms with Gasteiger partial charge in [-0.15, -0.1) is 0 Å². The van der Waals surface area contributed by atoms with Gasteiger partial charge in [-0.05, 0) is 41.9 Å². The first-order valence-corrected chi connectivity index (χ1v) is 8.02. The number of hydrogen-bond acceptors (Lipinski definition) is 0. The topological polar surface area (TPSA) is 0 Å². The van der Waals surface area contributed by atoms with E-state index in [2.05, 4.69) is 27.7 Å². The summed E-state index contributed by atoms with van der Waals surface area (Å²) < 4.78 is 0. The summed E-state index contributed by atoms with van der Waals surface area (Å²) in [5, 5.41) is 0. The lowest BCUT2D eigenvalue weighted by Gasteiger charge is -2.51. The predicted molar refractivity (Wildman–Crippen MR) is 76.0 cm³/mol. The highest BCUT2D eigenvalue weighted by atomic mass is 14.5. The van der Waals surface area contributed by atoms with Crippen LogP contribution in [0.1, 0.15) is 79.1 Å². The van der Waals surface area contributed by atoms with Gasteiger partial charge in [0.2, 0.25) is 0 Å². The first-order valence-electron chi connectivity index (χ1n) is 8.02. The molecule has 0 nitrogen and oxygen atoms in total. The summed E-state index contributed by atoms with van der Waals surface area (Å²) in [5.74, 6) is 4.20. The zero-order chi connectivity index (χ0) is 12.5. The zero-order valence-corrected chi connectivity index (χ0v) is 12.5. The van der Waals surface area contributed by atoms with E-state index in [9.17, 15) is 0 Å². The van der Waals surface area contributed by atoms with Crippen molar-refractivity contribution in [3.05, 3.63) is 0 Å². The van der Waals surface area contributed by atoms with Crippen molar-refractivity contribution in [1.82, 2.24) is 0 Å². The molecule has 4 atom stereocenters. The molecule has 2 rings (SSSR count). The summed E-state index contributed by atoms with van der Waals surface area (Å²) in [5.41, 5.74) is 0.533. The lowest BCUT2D eigenvalue weighted by molar-refractivity contribution is -0.0101. The number of rotatable bonds is 3. The Morgan fingerprint density at radius 1 is 1.06 bits per heavy atom. The van der Waals surface area contributed by atoms with Crippen molar-refractivity contribution in [2.45, 2.75) is 79.1 Å². The SMILES string of the molecule is CCCCC1CC2CCCC(C2)C1C(C)(C)C. The molecule has 0 amide bonds. The molecule has 0 spiro atoms. The first kappa shape index (κ1) is 13.4. The van der Waals surface area contributed by atoms with Crippen molar-refractivity contribution < 1.29 is 0 Å². The van der Waals surface area contributed by atoms with Gasteiger partial charge in [0, 0.05) is 0 Å². The number of hydrogen-bond donors (Lipinski definition) is 0. The molecule has 2 bridgehead atoms. The van der Waals surface area contributed by atoms with Crippen LogP contribution in [0.25, 0.3) is 0 Å². The van der Waals surface area contributed by atoms with Gasteiger partial charge < -0.3 is 0 Å². The van der Waals surface area contributed by atoms with Crippen molar-refractivity contribution in [2.24, 2.45) is 29.1 Å². The Kier molecular flexibility index (Phi) is 4.21. The van der Waals surface area contributed by atoms with Crippen LogP contribution >= 0.6 is 0 Å². The van der Waals surface area contributed by atoms with Crippen molar-refractivity contribution in [1.29, 1.82) is 0 Å². The smallest absolute Gasteiger partial charge is 0.0308 e. The predicted octanol–water partition coefficient (Wildman–Crippen LogP) is 5.67. The van der Waals surface area contributed by atoms with Crippen molar-refractivity contribution in [3.63, 3.8) is 0 Å². The molecule has 100 valence electrons. The molecule has 17 heavy (non-hydrogen) atoms. The molecule has 0 aromatic rings. The van der Waals surface area contributed by atoms with Crippen molar-refractivity contribution >= 4 is 0 Å². The third-order valence-corrected chi connectivity index (χ3v) is 5.40. The molecule has 0 heterocycles.